The standard InChI is InChI=1S/C10H14OS/c1-7-5-9(8(2)12-7)10(3,4)6-11/h5-6H,1-4H3. The van der Waals surface area contributed by atoms with Crippen molar-refractivity contribution in [1.82, 2.24) is 0 Å². The molecule has 0 amide bonds. The highest BCUT2D eigenvalue weighted by atomic mass is 32.1. The van der Waals surface area contributed by atoms with E-state index in [4.69, 9.17) is 0 Å². The number of aldehydes is 1. The van der Waals surface area contributed by atoms with Crippen LogP contribution in [0.15, 0.2) is 6.07 Å². The van der Waals surface area contributed by atoms with Crippen molar-refractivity contribution in [2.24, 2.45) is 0 Å². The van der Waals surface area contributed by atoms with Crippen LogP contribution in [0.1, 0.15) is 29.2 Å². The van der Waals surface area contributed by atoms with Crippen molar-refractivity contribution in [3.63, 3.8) is 0 Å². The zero-order valence-electron chi connectivity index (χ0n) is 7.97. The van der Waals surface area contributed by atoms with Gasteiger partial charge in [0.05, 0.1) is 0 Å². The Hall–Kier alpha value is -0.630. The number of rotatable bonds is 2. The lowest BCUT2D eigenvalue weighted by molar-refractivity contribution is -0.111. The van der Waals surface area contributed by atoms with Gasteiger partial charge in [-0.15, -0.1) is 11.3 Å². The van der Waals surface area contributed by atoms with E-state index >= 15 is 0 Å². The van der Waals surface area contributed by atoms with E-state index in [2.05, 4.69) is 19.9 Å². The summed E-state index contributed by atoms with van der Waals surface area (Å²) in [7, 11) is 0. The van der Waals surface area contributed by atoms with Gasteiger partial charge < -0.3 is 4.79 Å². The molecule has 0 saturated carbocycles. The molecule has 1 aromatic heterocycles. The summed E-state index contributed by atoms with van der Waals surface area (Å²) in [5.41, 5.74) is 0.842. The van der Waals surface area contributed by atoms with Crippen molar-refractivity contribution in [3.8, 4) is 0 Å². The topological polar surface area (TPSA) is 17.1 Å². The van der Waals surface area contributed by atoms with Crippen molar-refractivity contribution >= 4 is 17.6 Å². The SMILES string of the molecule is Cc1cc(C(C)(C)C=O)c(C)s1. The van der Waals surface area contributed by atoms with Gasteiger partial charge in [-0.25, -0.2) is 0 Å². The van der Waals surface area contributed by atoms with Gasteiger partial charge in [0.25, 0.3) is 0 Å². The molecule has 1 nitrogen and oxygen atoms in total. The molecule has 0 fully saturated rings. The van der Waals surface area contributed by atoms with Crippen LogP contribution in [0.25, 0.3) is 0 Å². The molecular weight excluding hydrogens is 168 g/mol. The van der Waals surface area contributed by atoms with Crippen LogP contribution in [0.4, 0.5) is 0 Å². The summed E-state index contributed by atoms with van der Waals surface area (Å²) in [5, 5.41) is 0. The number of hydrogen-bond donors (Lipinski definition) is 0. The highest BCUT2D eigenvalue weighted by molar-refractivity contribution is 7.12. The third kappa shape index (κ3) is 1.58. The van der Waals surface area contributed by atoms with Gasteiger partial charge in [-0.2, -0.15) is 0 Å². The van der Waals surface area contributed by atoms with Crippen LogP contribution in [0.3, 0.4) is 0 Å². The highest BCUT2D eigenvalue weighted by Crippen LogP contribution is 2.30. The van der Waals surface area contributed by atoms with Gasteiger partial charge in [0.15, 0.2) is 0 Å². The lowest BCUT2D eigenvalue weighted by Gasteiger charge is -2.16. The predicted molar refractivity (Wildman–Crippen MR) is 52.9 cm³/mol. The molecule has 0 saturated heterocycles. The molecule has 1 heterocycles. The Morgan fingerprint density at radius 3 is 2.33 bits per heavy atom. The number of carbonyl (C=O) groups is 1. The van der Waals surface area contributed by atoms with E-state index in [0.29, 0.717) is 0 Å². The van der Waals surface area contributed by atoms with E-state index in [1.165, 1.54) is 15.3 Å². The van der Waals surface area contributed by atoms with E-state index in [1.807, 2.05) is 13.8 Å². The van der Waals surface area contributed by atoms with Crippen LogP contribution < -0.4 is 0 Å². The van der Waals surface area contributed by atoms with Gasteiger partial charge >= 0.3 is 0 Å². The second-order valence-electron chi connectivity index (χ2n) is 3.67. The van der Waals surface area contributed by atoms with Crippen LogP contribution in [0.2, 0.25) is 0 Å². The minimum atomic E-state index is -0.325. The molecule has 0 atom stereocenters. The third-order valence-electron chi connectivity index (χ3n) is 2.03. The molecule has 0 aliphatic rings. The first kappa shape index (κ1) is 9.46. The summed E-state index contributed by atoms with van der Waals surface area (Å²) in [6.45, 7) is 8.04. The second-order valence-corrected chi connectivity index (χ2v) is 5.13. The Labute approximate surface area is 77.4 Å². The van der Waals surface area contributed by atoms with Crippen molar-refractivity contribution in [1.29, 1.82) is 0 Å². The fraction of sp³-hybridized carbons (Fsp3) is 0.500. The van der Waals surface area contributed by atoms with Crippen LogP contribution in [-0.4, -0.2) is 6.29 Å². The van der Waals surface area contributed by atoms with E-state index in [9.17, 15) is 4.79 Å². The highest BCUT2D eigenvalue weighted by Gasteiger charge is 2.22. The van der Waals surface area contributed by atoms with Crippen molar-refractivity contribution in [2.45, 2.75) is 33.1 Å². The fourth-order valence-corrected chi connectivity index (χ4v) is 2.43. The molecule has 0 aromatic carbocycles. The number of hydrogen-bond acceptors (Lipinski definition) is 2. The van der Waals surface area contributed by atoms with Gasteiger partial charge in [-0.05, 0) is 39.3 Å². The van der Waals surface area contributed by atoms with Gasteiger partial charge in [-0.1, -0.05) is 0 Å². The monoisotopic (exact) mass is 182 g/mol. The summed E-state index contributed by atoms with van der Waals surface area (Å²) in [6.07, 6.45) is 1.02. The molecule has 0 unspecified atom stereocenters. The summed E-state index contributed by atoms with van der Waals surface area (Å²) in [5.74, 6) is 0. The summed E-state index contributed by atoms with van der Waals surface area (Å²) in [4.78, 5) is 13.3. The van der Waals surface area contributed by atoms with E-state index in [1.54, 1.807) is 11.3 Å². The van der Waals surface area contributed by atoms with Crippen LogP contribution in [0, 0.1) is 13.8 Å². The molecule has 2 heteroatoms. The molecule has 66 valence electrons. The molecule has 0 radical (unpaired) electrons. The lowest BCUT2D eigenvalue weighted by Crippen LogP contribution is -2.18. The summed E-state index contributed by atoms with van der Waals surface area (Å²) in [6, 6.07) is 2.11. The van der Waals surface area contributed by atoms with E-state index < -0.39 is 0 Å². The number of carbonyl (C=O) groups excluding carboxylic acids is 1. The second kappa shape index (κ2) is 3.02. The Kier molecular flexibility index (Phi) is 2.38. The predicted octanol–water partition coefficient (Wildman–Crippen LogP) is 2.84. The minimum Gasteiger partial charge on any atom is -0.302 e. The molecular formula is C10H14OS. The molecule has 12 heavy (non-hydrogen) atoms. The average Bonchev–Trinajstić information content (AvgIpc) is 2.31. The van der Waals surface area contributed by atoms with Crippen LogP contribution in [0.5, 0.6) is 0 Å². The third-order valence-corrected chi connectivity index (χ3v) is 3.00. The molecule has 1 aromatic rings. The van der Waals surface area contributed by atoms with E-state index in [-0.39, 0.29) is 5.41 Å². The maximum atomic E-state index is 10.8. The van der Waals surface area contributed by atoms with Gasteiger partial charge in [0.1, 0.15) is 6.29 Å². The summed E-state index contributed by atoms with van der Waals surface area (Å²) >= 11 is 1.75. The van der Waals surface area contributed by atoms with Gasteiger partial charge in [0, 0.05) is 15.2 Å². The maximum Gasteiger partial charge on any atom is 0.130 e. The Bertz CT molecular complexity index is 297. The lowest BCUT2D eigenvalue weighted by atomic mass is 9.87. The molecule has 0 N–H and O–H groups in total. The summed E-state index contributed by atoms with van der Waals surface area (Å²) < 4.78 is 0. The number of aryl methyl sites for hydroxylation is 2. The first-order chi connectivity index (χ1) is 5.47. The minimum absolute atomic E-state index is 0.325. The quantitative estimate of drug-likeness (QED) is 0.643. The van der Waals surface area contributed by atoms with Gasteiger partial charge in [0.2, 0.25) is 0 Å². The van der Waals surface area contributed by atoms with Gasteiger partial charge in [-0.3, -0.25) is 0 Å². The Balaban J connectivity index is 3.18. The fourth-order valence-electron chi connectivity index (χ4n) is 1.33. The first-order valence-corrected chi connectivity index (χ1v) is 4.83. The van der Waals surface area contributed by atoms with Crippen molar-refractivity contribution in [3.05, 3.63) is 21.4 Å². The van der Waals surface area contributed by atoms with Crippen molar-refractivity contribution in [2.75, 3.05) is 0 Å². The van der Waals surface area contributed by atoms with Crippen LogP contribution >= 0.6 is 11.3 Å². The Morgan fingerprint density at radius 2 is 2.00 bits per heavy atom. The molecule has 0 bridgehead atoms. The molecule has 0 spiro atoms. The zero-order chi connectivity index (χ0) is 9.35. The Morgan fingerprint density at radius 1 is 1.42 bits per heavy atom. The van der Waals surface area contributed by atoms with Crippen molar-refractivity contribution < 1.29 is 4.79 Å². The zero-order valence-corrected chi connectivity index (χ0v) is 8.79. The first-order valence-electron chi connectivity index (χ1n) is 4.01. The maximum absolute atomic E-state index is 10.8. The van der Waals surface area contributed by atoms with E-state index in [0.717, 1.165) is 6.29 Å². The smallest absolute Gasteiger partial charge is 0.130 e. The largest absolute Gasteiger partial charge is 0.302 e. The van der Waals surface area contributed by atoms with Crippen LogP contribution in [-0.2, 0) is 10.2 Å². The molecule has 0 aliphatic carbocycles. The number of thiophene rings is 1. The average molecular weight is 182 g/mol. The molecule has 1 rings (SSSR count). The normalized spacial score (nSPS) is 11.7. The molecule has 0 aliphatic heterocycles.